The normalized spacial score (nSPS) is 21.8. The Bertz CT molecular complexity index is 490. The molecule has 2 aliphatic heterocycles. The number of nitrogens with zero attached hydrogens (tertiary/aromatic N) is 1. The highest BCUT2D eigenvalue weighted by Crippen LogP contribution is 2.35. The fraction of sp³-hybridized carbons (Fsp3) is 0.500. The lowest BCUT2D eigenvalue weighted by Gasteiger charge is -2.22. The molecule has 1 saturated heterocycles. The second-order valence-electron chi connectivity index (χ2n) is 4.79. The van der Waals surface area contributed by atoms with Gasteiger partial charge >= 0.3 is 0 Å². The van der Waals surface area contributed by atoms with E-state index in [1.807, 2.05) is 23.1 Å². The minimum absolute atomic E-state index is 0.155. The van der Waals surface area contributed by atoms with Crippen LogP contribution in [0.25, 0.3) is 0 Å². The van der Waals surface area contributed by atoms with Crippen molar-refractivity contribution >= 4 is 11.6 Å². The summed E-state index contributed by atoms with van der Waals surface area (Å²) in [6.45, 7) is 4.79. The highest BCUT2D eigenvalue weighted by atomic mass is 16.6. The number of fused-ring (bicyclic) bond motifs is 1. The summed E-state index contributed by atoms with van der Waals surface area (Å²) in [5.74, 6) is 1.64. The minimum atomic E-state index is 0.155. The molecule has 102 valence electrons. The lowest BCUT2D eigenvalue weighted by atomic mass is 10.2. The maximum atomic E-state index is 12.0. The average molecular weight is 262 g/mol. The van der Waals surface area contributed by atoms with Crippen LogP contribution in [0.1, 0.15) is 13.3 Å². The van der Waals surface area contributed by atoms with Gasteiger partial charge in [-0.1, -0.05) is 6.92 Å². The van der Waals surface area contributed by atoms with Crippen LogP contribution in [-0.4, -0.2) is 38.3 Å². The largest absolute Gasteiger partial charge is 0.486 e. The van der Waals surface area contributed by atoms with Gasteiger partial charge in [0.05, 0.1) is 0 Å². The molecule has 5 nitrogen and oxygen atoms in total. The van der Waals surface area contributed by atoms with Crippen molar-refractivity contribution in [3.8, 4) is 11.5 Å². The lowest BCUT2D eigenvalue weighted by molar-refractivity contribution is -0.117. The molecule has 1 unspecified atom stereocenters. The van der Waals surface area contributed by atoms with Gasteiger partial charge in [0.25, 0.3) is 0 Å². The molecule has 0 radical (unpaired) electrons. The van der Waals surface area contributed by atoms with Gasteiger partial charge in [-0.2, -0.15) is 0 Å². The Balaban J connectivity index is 1.80. The Kier molecular flexibility index (Phi) is 3.29. The van der Waals surface area contributed by atoms with Gasteiger partial charge in [-0.3, -0.25) is 4.79 Å². The van der Waals surface area contributed by atoms with Gasteiger partial charge in [-0.05, 0) is 18.7 Å². The molecule has 1 N–H and O–H groups in total. The first-order chi connectivity index (χ1) is 9.28. The molecular weight excluding hydrogens is 244 g/mol. The van der Waals surface area contributed by atoms with E-state index < -0.39 is 0 Å². The summed E-state index contributed by atoms with van der Waals surface area (Å²) in [7, 11) is 0. The molecule has 1 amide bonds. The number of anilines is 1. The number of likely N-dealkylation sites (N-methyl/N-ethyl adjacent to an activating group) is 1. The molecule has 1 fully saturated rings. The molecule has 0 bridgehead atoms. The summed E-state index contributed by atoms with van der Waals surface area (Å²) < 4.78 is 11.0. The van der Waals surface area contributed by atoms with Crippen molar-refractivity contribution in [3.63, 3.8) is 0 Å². The second kappa shape index (κ2) is 5.09. The molecule has 1 aromatic carbocycles. The van der Waals surface area contributed by atoms with Gasteiger partial charge in [0, 0.05) is 30.8 Å². The molecule has 19 heavy (non-hydrogen) atoms. The smallest absolute Gasteiger partial charge is 0.228 e. The van der Waals surface area contributed by atoms with E-state index in [0.717, 1.165) is 23.7 Å². The monoisotopic (exact) mass is 262 g/mol. The van der Waals surface area contributed by atoms with Gasteiger partial charge < -0.3 is 19.7 Å². The molecule has 0 spiro atoms. The number of nitrogens with one attached hydrogen (secondary N) is 1. The Labute approximate surface area is 112 Å². The number of hydrogen-bond acceptors (Lipinski definition) is 4. The van der Waals surface area contributed by atoms with Gasteiger partial charge in [0.15, 0.2) is 11.5 Å². The lowest BCUT2D eigenvalue weighted by Crippen LogP contribution is -2.32. The van der Waals surface area contributed by atoms with Crippen LogP contribution in [0, 0.1) is 0 Å². The number of ether oxygens (including phenoxy) is 2. The number of benzene rings is 1. The molecule has 0 saturated carbocycles. The van der Waals surface area contributed by atoms with Crippen molar-refractivity contribution in [2.45, 2.75) is 19.4 Å². The molecule has 1 atom stereocenters. The third-order valence-corrected chi connectivity index (χ3v) is 3.46. The Morgan fingerprint density at radius 2 is 2.11 bits per heavy atom. The molecule has 3 rings (SSSR count). The highest BCUT2D eigenvalue weighted by molar-refractivity contribution is 5.96. The first kappa shape index (κ1) is 12.3. The van der Waals surface area contributed by atoms with Crippen LogP contribution in [0.5, 0.6) is 11.5 Å². The van der Waals surface area contributed by atoms with Crippen LogP contribution in [0.15, 0.2) is 18.2 Å². The van der Waals surface area contributed by atoms with Gasteiger partial charge in [-0.15, -0.1) is 0 Å². The second-order valence-corrected chi connectivity index (χ2v) is 4.79. The van der Waals surface area contributed by atoms with Gasteiger partial charge in [-0.25, -0.2) is 0 Å². The predicted molar refractivity (Wildman–Crippen MR) is 71.9 cm³/mol. The predicted octanol–water partition coefficient (Wildman–Crippen LogP) is 1.17. The van der Waals surface area contributed by atoms with Crippen LogP contribution in [-0.2, 0) is 4.79 Å². The van der Waals surface area contributed by atoms with E-state index in [-0.39, 0.29) is 11.9 Å². The molecule has 2 aliphatic rings. The minimum Gasteiger partial charge on any atom is -0.486 e. The van der Waals surface area contributed by atoms with E-state index >= 15 is 0 Å². The van der Waals surface area contributed by atoms with E-state index in [2.05, 4.69) is 12.2 Å². The third kappa shape index (κ3) is 2.38. The van der Waals surface area contributed by atoms with Crippen molar-refractivity contribution in [1.82, 2.24) is 5.32 Å². The first-order valence-electron chi connectivity index (χ1n) is 6.71. The topological polar surface area (TPSA) is 50.8 Å². The number of carbonyl (C=O) groups excluding carboxylic acids is 1. The zero-order chi connectivity index (χ0) is 13.2. The fourth-order valence-corrected chi connectivity index (χ4v) is 2.58. The molecule has 0 aliphatic carbocycles. The molecule has 1 aromatic rings. The Morgan fingerprint density at radius 1 is 1.32 bits per heavy atom. The molecular formula is C14H18N2O3. The summed E-state index contributed by atoms with van der Waals surface area (Å²) in [5.41, 5.74) is 0.884. The van der Waals surface area contributed by atoms with E-state index in [1.54, 1.807) is 0 Å². The number of amides is 1. The number of rotatable bonds is 3. The Hall–Kier alpha value is -1.75. The summed E-state index contributed by atoms with van der Waals surface area (Å²) in [5, 5.41) is 3.32. The number of carbonyl (C=O) groups is 1. The van der Waals surface area contributed by atoms with Crippen LogP contribution >= 0.6 is 0 Å². The van der Waals surface area contributed by atoms with Crippen molar-refractivity contribution in [3.05, 3.63) is 18.2 Å². The fourth-order valence-electron chi connectivity index (χ4n) is 2.58. The summed E-state index contributed by atoms with van der Waals surface area (Å²) in [4.78, 5) is 13.9. The highest BCUT2D eigenvalue weighted by Gasteiger charge is 2.30. The van der Waals surface area contributed by atoms with Crippen LogP contribution < -0.4 is 19.7 Å². The van der Waals surface area contributed by atoms with E-state index in [9.17, 15) is 4.79 Å². The average Bonchev–Trinajstić information content (AvgIpc) is 2.79. The van der Waals surface area contributed by atoms with Gasteiger partial charge in [0.1, 0.15) is 13.2 Å². The van der Waals surface area contributed by atoms with Crippen molar-refractivity contribution < 1.29 is 14.3 Å². The van der Waals surface area contributed by atoms with Crippen LogP contribution in [0.3, 0.4) is 0 Å². The summed E-state index contributed by atoms with van der Waals surface area (Å²) >= 11 is 0. The van der Waals surface area contributed by atoms with E-state index in [4.69, 9.17) is 9.47 Å². The zero-order valence-electron chi connectivity index (χ0n) is 11.0. The van der Waals surface area contributed by atoms with E-state index in [0.29, 0.717) is 26.2 Å². The van der Waals surface area contributed by atoms with Crippen molar-refractivity contribution in [2.75, 3.05) is 31.2 Å². The summed E-state index contributed by atoms with van der Waals surface area (Å²) in [6.07, 6.45) is 0.558. The standard InChI is InChI=1S/C14H18N2O3/c1-2-15-10-7-14(17)16(9-10)11-3-4-12-13(8-11)19-6-5-18-12/h3-4,8,10,15H,2,5-7,9H2,1H3. The van der Waals surface area contributed by atoms with Crippen molar-refractivity contribution in [1.29, 1.82) is 0 Å². The van der Waals surface area contributed by atoms with E-state index in [1.165, 1.54) is 0 Å². The Morgan fingerprint density at radius 3 is 2.89 bits per heavy atom. The molecule has 0 aromatic heterocycles. The maximum absolute atomic E-state index is 12.0. The third-order valence-electron chi connectivity index (χ3n) is 3.46. The van der Waals surface area contributed by atoms with Crippen LogP contribution in [0.4, 0.5) is 5.69 Å². The quantitative estimate of drug-likeness (QED) is 0.888. The molecule has 5 heteroatoms. The first-order valence-corrected chi connectivity index (χ1v) is 6.71. The maximum Gasteiger partial charge on any atom is 0.228 e. The van der Waals surface area contributed by atoms with Crippen molar-refractivity contribution in [2.24, 2.45) is 0 Å². The van der Waals surface area contributed by atoms with Gasteiger partial charge in [0.2, 0.25) is 5.91 Å². The summed E-state index contributed by atoms with van der Waals surface area (Å²) in [6, 6.07) is 5.92. The van der Waals surface area contributed by atoms with Crippen LogP contribution in [0.2, 0.25) is 0 Å². The zero-order valence-corrected chi connectivity index (χ0v) is 11.0. The SMILES string of the molecule is CCNC1CC(=O)N(c2ccc3c(c2)OCCO3)C1. The number of hydrogen-bond donors (Lipinski definition) is 1. The molecule has 2 heterocycles.